The summed E-state index contributed by atoms with van der Waals surface area (Å²) in [6.45, 7) is 6.29. The molecule has 0 saturated carbocycles. The molecule has 1 amide bonds. The molecular weight excluding hydrogens is 250 g/mol. The lowest BCUT2D eigenvalue weighted by atomic mass is 9.97. The van der Waals surface area contributed by atoms with E-state index >= 15 is 0 Å². The molecule has 116 valence electrons. The molecule has 0 aromatic heterocycles. The predicted octanol–water partition coefficient (Wildman–Crippen LogP) is 1.89. The minimum Gasteiger partial charge on any atom is -0.352 e. The number of hydrogen-bond donors (Lipinski definition) is 2. The largest absolute Gasteiger partial charge is 0.352 e. The Kier molecular flexibility index (Phi) is 5.44. The van der Waals surface area contributed by atoms with Crippen molar-refractivity contribution >= 4 is 5.91 Å². The van der Waals surface area contributed by atoms with E-state index in [9.17, 15) is 4.79 Å². The number of hydrogen-bond acceptors (Lipinski definition) is 3. The van der Waals surface area contributed by atoms with Gasteiger partial charge >= 0.3 is 0 Å². The highest BCUT2D eigenvalue weighted by atomic mass is 16.2. The number of amides is 1. The molecular formula is C16H31N3O. The number of carbonyl (C=O) groups excluding carboxylic acids is 1. The molecule has 2 N–H and O–H groups in total. The highest BCUT2D eigenvalue weighted by Gasteiger charge is 2.37. The molecule has 2 aliphatic rings. The third-order valence-electron chi connectivity index (χ3n) is 5.12. The van der Waals surface area contributed by atoms with Crippen molar-refractivity contribution in [2.75, 3.05) is 7.05 Å². The highest BCUT2D eigenvalue weighted by molar-refractivity contribution is 5.81. The Hall–Kier alpha value is -0.610. The molecule has 0 spiro atoms. The summed E-state index contributed by atoms with van der Waals surface area (Å²) in [5.41, 5.74) is 0. The minimum atomic E-state index is -0.0307. The summed E-state index contributed by atoms with van der Waals surface area (Å²) < 4.78 is 0. The maximum atomic E-state index is 12.3. The van der Waals surface area contributed by atoms with Crippen LogP contribution in [0.1, 0.15) is 59.3 Å². The van der Waals surface area contributed by atoms with Crippen molar-refractivity contribution < 1.29 is 4.79 Å². The number of nitrogens with zero attached hydrogens (tertiary/aromatic N) is 1. The van der Waals surface area contributed by atoms with E-state index in [-0.39, 0.29) is 18.0 Å². The smallest absolute Gasteiger partial charge is 0.237 e. The Morgan fingerprint density at radius 1 is 1.30 bits per heavy atom. The molecule has 4 atom stereocenters. The van der Waals surface area contributed by atoms with Gasteiger partial charge in [0.1, 0.15) is 0 Å². The van der Waals surface area contributed by atoms with Gasteiger partial charge in [-0.25, -0.2) is 0 Å². The minimum absolute atomic E-state index is 0.0307. The van der Waals surface area contributed by atoms with Crippen molar-refractivity contribution in [1.29, 1.82) is 0 Å². The van der Waals surface area contributed by atoms with Crippen LogP contribution in [-0.2, 0) is 4.79 Å². The fourth-order valence-electron chi connectivity index (χ4n) is 3.73. The van der Waals surface area contributed by atoms with E-state index < -0.39 is 0 Å². The summed E-state index contributed by atoms with van der Waals surface area (Å²) in [6.07, 6.45) is 7.17. The molecule has 0 aromatic carbocycles. The topological polar surface area (TPSA) is 44.4 Å². The van der Waals surface area contributed by atoms with Gasteiger partial charge in [0.2, 0.25) is 5.91 Å². The second kappa shape index (κ2) is 6.90. The Labute approximate surface area is 123 Å². The van der Waals surface area contributed by atoms with E-state index in [1.807, 2.05) is 6.92 Å². The van der Waals surface area contributed by atoms with Crippen molar-refractivity contribution in [3.8, 4) is 0 Å². The van der Waals surface area contributed by atoms with E-state index in [0.29, 0.717) is 18.1 Å². The molecule has 0 radical (unpaired) electrons. The van der Waals surface area contributed by atoms with Crippen molar-refractivity contribution in [2.24, 2.45) is 0 Å². The van der Waals surface area contributed by atoms with Gasteiger partial charge in [0.25, 0.3) is 0 Å². The zero-order chi connectivity index (χ0) is 14.7. The summed E-state index contributed by atoms with van der Waals surface area (Å²) in [5, 5.41) is 6.81. The van der Waals surface area contributed by atoms with Crippen LogP contribution in [0.2, 0.25) is 0 Å². The van der Waals surface area contributed by atoms with Crippen LogP contribution in [0.25, 0.3) is 0 Å². The molecule has 2 saturated heterocycles. The Balaban J connectivity index is 1.84. The van der Waals surface area contributed by atoms with Crippen LogP contribution in [0.5, 0.6) is 0 Å². The third-order valence-corrected chi connectivity index (χ3v) is 5.12. The average molecular weight is 281 g/mol. The molecule has 0 aromatic rings. The van der Waals surface area contributed by atoms with E-state index in [0.717, 1.165) is 12.8 Å². The number of rotatable bonds is 6. The highest BCUT2D eigenvalue weighted by Crippen LogP contribution is 2.29. The first-order valence-electron chi connectivity index (χ1n) is 8.29. The molecule has 2 heterocycles. The van der Waals surface area contributed by atoms with Gasteiger partial charge in [-0.05, 0) is 53.0 Å². The maximum Gasteiger partial charge on any atom is 0.237 e. The first-order chi connectivity index (χ1) is 9.51. The quantitative estimate of drug-likeness (QED) is 0.781. The van der Waals surface area contributed by atoms with Crippen LogP contribution in [0, 0.1) is 0 Å². The summed E-state index contributed by atoms with van der Waals surface area (Å²) >= 11 is 0. The SMILES string of the molecule is CCCC(C)NC(=O)C(C)N(C)C1CC2CCC(C1)N2. The second-order valence-corrected chi connectivity index (χ2v) is 6.80. The number of nitrogens with one attached hydrogen (secondary N) is 2. The van der Waals surface area contributed by atoms with E-state index in [1.165, 1.54) is 25.7 Å². The van der Waals surface area contributed by atoms with Gasteiger partial charge in [0, 0.05) is 24.2 Å². The molecule has 2 rings (SSSR count). The van der Waals surface area contributed by atoms with Crippen LogP contribution in [-0.4, -0.2) is 48.1 Å². The summed E-state index contributed by atoms with van der Waals surface area (Å²) in [4.78, 5) is 14.6. The number of piperidine rings is 1. The van der Waals surface area contributed by atoms with Crippen LogP contribution in [0.15, 0.2) is 0 Å². The number of fused-ring (bicyclic) bond motifs is 2. The van der Waals surface area contributed by atoms with Crippen molar-refractivity contribution in [3.05, 3.63) is 0 Å². The van der Waals surface area contributed by atoms with E-state index in [2.05, 4.69) is 36.4 Å². The van der Waals surface area contributed by atoms with Gasteiger partial charge in [0.15, 0.2) is 0 Å². The zero-order valence-electron chi connectivity index (χ0n) is 13.5. The molecule has 0 aliphatic carbocycles. The molecule has 2 bridgehead atoms. The molecule has 4 unspecified atom stereocenters. The second-order valence-electron chi connectivity index (χ2n) is 6.80. The lowest BCUT2D eigenvalue weighted by Crippen LogP contribution is -2.54. The molecule has 2 aliphatic heterocycles. The zero-order valence-corrected chi connectivity index (χ0v) is 13.5. The fraction of sp³-hybridized carbons (Fsp3) is 0.938. The summed E-state index contributed by atoms with van der Waals surface area (Å²) in [7, 11) is 2.12. The number of likely N-dealkylation sites (N-methyl/N-ethyl adjacent to an activating group) is 1. The van der Waals surface area contributed by atoms with Gasteiger partial charge in [0.05, 0.1) is 6.04 Å². The maximum absolute atomic E-state index is 12.3. The van der Waals surface area contributed by atoms with Crippen molar-refractivity contribution in [2.45, 2.75) is 89.5 Å². The number of carbonyl (C=O) groups is 1. The van der Waals surface area contributed by atoms with Crippen LogP contribution < -0.4 is 10.6 Å². The lowest BCUT2D eigenvalue weighted by molar-refractivity contribution is -0.127. The standard InChI is InChI=1S/C16H31N3O/c1-5-6-11(2)17-16(20)12(3)19(4)15-9-13-7-8-14(10-15)18-13/h11-15,18H,5-10H2,1-4H3,(H,17,20). The van der Waals surface area contributed by atoms with E-state index in [4.69, 9.17) is 0 Å². The van der Waals surface area contributed by atoms with Gasteiger partial charge in [-0.1, -0.05) is 13.3 Å². The average Bonchev–Trinajstić information content (AvgIpc) is 2.75. The Bertz CT molecular complexity index is 322. The van der Waals surface area contributed by atoms with Gasteiger partial charge in [-0.15, -0.1) is 0 Å². The monoisotopic (exact) mass is 281 g/mol. The predicted molar refractivity (Wildman–Crippen MR) is 82.7 cm³/mol. The fourth-order valence-corrected chi connectivity index (χ4v) is 3.73. The summed E-state index contributed by atoms with van der Waals surface area (Å²) in [5.74, 6) is 0.180. The van der Waals surface area contributed by atoms with Crippen molar-refractivity contribution in [1.82, 2.24) is 15.5 Å². The molecule has 4 nitrogen and oxygen atoms in total. The summed E-state index contributed by atoms with van der Waals surface area (Å²) in [6, 6.07) is 2.16. The first kappa shape index (κ1) is 15.8. The Morgan fingerprint density at radius 2 is 1.90 bits per heavy atom. The molecule has 4 heteroatoms. The Morgan fingerprint density at radius 3 is 2.45 bits per heavy atom. The first-order valence-corrected chi connectivity index (χ1v) is 8.29. The lowest BCUT2D eigenvalue weighted by Gasteiger charge is -2.38. The van der Waals surface area contributed by atoms with Crippen LogP contribution >= 0.6 is 0 Å². The van der Waals surface area contributed by atoms with Crippen LogP contribution in [0.4, 0.5) is 0 Å². The van der Waals surface area contributed by atoms with Gasteiger partial charge < -0.3 is 10.6 Å². The van der Waals surface area contributed by atoms with Gasteiger partial charge in [-0.2, -0.15) is 0 Å². The van der Waals surface area contributed by atoms with Crippen molar-refractivity contribution in [3.63, 3.8) is 0 Å². The third kappa shape index (κ3) is 3.73. The molecule has 20 heavy (non-hydrogen) atoms. The van der Waals surface area contributed by atoms with Crippen LogP contribution in [0.3, 0.4) is 0 Å². The van der Waals surface area contributed by atoms with Gasteiger partial charge in [-0.3, -0.25) is 9.69 Å². The molecule has 2 fully saturated rings. The van der Waals surface area contributed by atoms with E-state index in [1.54, 1.807) is 0 Å². The normalized spacial score (nSPS) is 32.1.